The van der Waals surface area contributed by atoms with Gasteiger partial charge in [0.25, 0.3) is 0 Å². The van der Waals surface area contributed by atoms with Crippen LogP contribution in [0.3, 0.4) is 0 Å². The zero-order valence-corrected chi connectivity index (χ0v) is 7.88. The van der Waals surface area contributed by atoms with E-state index in [0.717, 1.165) is 0 Å². The van der Waals surface area contributed by atoms with Crippen molar-refractivity contribution in [3.05, 3.63) is 0 Å². The van der Waals surface area contributed by atoms with Gasteiger partial charge in [0.05, 0.1) is 26.4 Å². The second-order valence-electron chi connectivity index (χ2n) is 1.92. The van der Waals surface area contributed by atoms with E-state index in [-0.39, 0.29) is 32.1 Å². The van der Waals surface area contributed by atoms with Crippen molar-refractivity contribution in [1.82, 2.24) is 0 Å². The van der Waals surface area contributed by atoms with Gasteiger partial charge in [-0.15, -0.1) is 6.61 Å². The summed E-state index contributed by atoms with van der Waals surface area (Å²) in [6.45, 7) is 2.29. The van der Waals surface area contributed by atoms with E-state index in [1.54, 1.807) is 7.11 Å². The average molecular weight is 170 g/mol. The fraction of sp³-hybridized carbons (Fsp3) is 1.00. The molecule has 0 heterocycles. The summed E-state index contributed by atoms with van der Waals surface area (Å²) in [5.74, 6) is 0. The molecule has 12 heavy (non-hydrogen) atoms. The standard InChI is InChI=1S/C7H15O4.Li/c1-9-4-5-11-7-6-10-3-2-8;/h2-7H2,1H3;/q-1;+1. The van der Waals surface area contributed by atoms with Crippen molar-refractivity contribution in [2.24, 2.45) is 0 Å². The number of hydrogen-bond acceptors (Lipinski definition) is 4. The van der Waals surface area contributed by atoms with Crippen molar-refractivity contribution >= 4 is 0 Å². The summed E-state index contributed by atoms with van der Waals surface area (Å²) in [6, 6.07) is 0. The van der Waals surface area contributed by atoms with E-state index in [4.69, 9.17) is 14.2 Å². The first-order valence-electron chi connectivity index (χ1n) is 3.64. The Balaban J connectivity index is 0. The van der Waals surface area contributed by atoms with E-state index >= 15 is 0 Å². The van der Waals surface area contributed by atoms with Gasteiger partial charge in [-0.25, -0.2) is 0 Å². The molecule has 0 aliphatic carbocycles. The maximum atomic E-state index is 9.88. The SMILES string of the molecule is COCCOCCOCC[O-].[Li+]. The second-order valence-corrected chi connectivity index (χ2v) is 1.92. The van der Waals surface area contributed by atoms with E-state index in [1.165, 1.54) is 0 Å². The zero-order chi connectivity index (χ0) is 8.36. The molecule has 0 N–H and O–H groups in total. The minimum Gasteiger partial charge on any atom is -0.853 e. The van der Waals surface area contributed by atoms with Crippen LogP contribution < -0.4 is 24.0 Å². The predicted molar refractivity (Wildman–Crippen MR) is 38.4 cm³/mol. The maximum absolute atomic E-state index is 9.88. The minimum atomic E-state index is -0.182. The number of methoxy groups -OCH3 is 1. The van der Waals surface area contributed by atoms with Gasteiger partial charge in [0, 0.05) is 13.7 Å². The zero-order valence-electron chi connectivity index (χ0n) is 7.88. The summed E-state index contributed by atoms with van der Waals surface area (Å²) in [5.41, 5.74) is 0. The first-order valence-corrected chi connectivity index (χ1v) is 3.64. The summed E-state index contributed by atoms with van der Waals surface area (Å²) in [6.07, 6.45) is 0. The molecule has 0 aromatic heterocycles. The van der Waals surface area contributed by atoms with Gasteiger partial charge in [-0.1, -0.05) is 0 Å². The molecule has 0 saturated carbocycles. The Morgan fingerprint density at radius 1 is 0.917 bits per heavy atom. The van der Waals surface area contributed by atoms with Gasteiger partial charge >= 0.3 is 18.9 Å². The van der Waals surface area contributed by atoms with Crippen LogP contribution in [0.25, 0.3) is 0 Å². The van der Waals surface area contributed by atoms with Crippen LogP contribution in [0.4, 0.5) is 0 Å². The Morgan fingerprint density at radius 3 is 1.92 bits per heavy atom. The molecule has 0 rings (SSSR count). The molecule has 0 saturated heterocycles. The molecule has 4 nitrogen and oxygen atoms in total. The van der Waals surface area contributed by atoms with E-state index in [2.05, 4.69) is 0 Å². The van der Waals surface area contributed by atoms with Crippen LogP contribution in [0.5, 0.6) is 0 Å². The van der Waals surface area contributed by atoms with Crippen molar-refractivity contribution in [3.8, 4) is 0 Å². The van der Waals surface area contributed by atoms with Crippen LogP contribution in [0.2, 0.25) is 0 Å². The first kappa shape index (κ1) is 14.9. The normalized spacial score (nSPS) is 9.50. The third-order valence-corrected chi connectivity index (χ3v) is 1.03. The molecule has 0 spiro atoms. The molecule has 0 fully saturated rings. The number of rotatable bonds is 8. The molecule has 0 radical (unpaired) electrons. The molecule has 5 heteroatoms. The Labute approximate surface area is 85.4 Å². The Bertz CT molecular complexity index is 64.4. The summed E-state index contributed by atoms with van der Waals surface area (Å²) < 4.78 is 14.7. The van der Waals surface area contributed by atoms with Gasteiger partial charge < -0.3 is 19.3 Å². The molecule has 0 unspecified atom stereocenters. The van der Waals surface area contributed by atoms with Crippen LogP contribution in [0.15, 0.2) is 0 Å². The monoisotopic (exact) mass is 170 g/mol. The minimum absolute atomic E-state index is 0. The maximum Gasteiger partial charge on any atom is 1.00 e. The summed E-state index contributed by atoms with van der Waals surface area (Å²) in [4.78, 5) is 0. The van der Waals surface area contributed by atoms with Gasteiger partial charge in [0.15, 0.2) is 0 Å². The quantitative estimate of drug-likeness (QED) is 0.275. The van der Waals surface area contributed by atoms with Crippen LogP contribution >= 0.6 is 0 Å². The Kier molecular flexibility index (Phi) is 17.4. The van der Waals surface area contributed by atoms with Crippen LogP contribution in [-0.2, 0) is 14.2 Å². The van der Waals surface area contributed by atoms with E-state index in [0.29, 0.717) is 26.4 Å². The molecule has 0 aromatic carbocycles. The third-order valence-electron chi connectivity index (χ3n) is 1.03. The molecule has 68 valence electrons. The largest absolute Gasteiger partial charge is 1.00 e. The summed E-state index contributed by atoms with van der Waals surface area (Å²) >= 11 is 0. The average Bonchev–Trinajstić information content (AvgIpc) is 2.03. The number of hydrogen-bond donors (Lipinski definition) is 0. The molecule has 0 aliphatic heterocycles. The molecular weight excluding hydrogens is 155 g/mol. The van der Waals surface area contributed by atoms with Gasteiger partial charge in [-0.05, 0) is 0 Å². The predicted octanol–water partition coefficient (Wildman–Crippen LogP) is -3.97. The fourth-order valence-corrected chi connectivity index (χ4v) is 0.523. The van der Waals surface area contributed by atoms with Gasteiger partial charge in [-0.2, -0.15) is 0 Å². The molecule has 0 bridgehead atoms. The van der Waals surface area contributed by atoms with Crippen LogP contribution in [0.1, 0.15) is 0 Å². The van der Waals surface area contributed by atoms with Gasteiger partial charge in [-0.3, -0.25) is 0 Å². The van der Waals surface area contributed by atoms with Crippen molar-refractivity contribution in [3.63, 3.8) is 0 Å². The molecule has 0 atom stereocenters. The topological polar surface area (TPSA) is 50.8 Å². The van der Waals surface area contributed by atoms with Gasteiger partial charge in [0.2, 0.25) is 0 Å². The van der Waals surface area contributed by atoms with Crippen molar-refractivity contribution in [2.45, 2.75) is 0 Å². The Hall–Kier alpha value is 0.437. The van der Waals surface area contributed by atoms with E-state index in [9.17, 15) is 5.11 Å². The van der Waals surface area contributed by atoms with E-state index in [1.807, 2.05) is 0 Å². The van der Waals surface area contributed by atoms with E-state index < -0.39 is 0 Å². The van der Waals surface area contributed by atoms with Crippen molar-refractivity contribution < 1.29 is 38.2 Å². The summed E-state index contributed by atoms with van der Waals surface area (Å²) in [7, 11) is 1.62. The summed E-state index contributed by atoms with van der Waals surface area (Å²) in [5, 5.41) is 9.88. The number of ether oxygens (including phenoxy) is 3. The van der Waals surface area contributed by atoms with Crippen molar-refractivity contribution in [1.29, 1.82) is 0 Å². The Morgan fingerprint density at radius 2 is 1.42 bits per heavy atom. The molecule has 0 amide bonds. The molecule has 0 aliphatic rings. The van der Waals surface area contributed by atoms with Crippen LogP contribution in [-0.4, -0.2) is 46.8 Å². The fourth-order valence-electron chi connectivity index (χ4n) is 0.523. The second kappa shape index (κ2) is 14.0. The first-order chi connectivity index (χ1) is 5.41. The smallest absolute Gasteiger partial charge is 0.853 e. The van der Waals surface area contributed by atoms with Crippen LogP contribution in [0, 0.1) is 0 Å². The molecular formula is C7H15LiO4. The van der Waals surface area contributed by atoms with Gasteiger partial charge in [0.1, 0.15) is 0 Å². The van der Waals surface area contributed by atoms with Crippen molar-refractivity contribution in [2.75, 3.05) is 46.8 Å². The molecule has 0 aromatic rings. The third kappa shape index (κ3) is 13.1.